The number of hydrogen-bond acceptors (Lipinski definition) is 5. The predicted molar refractivity (Wildman–Crippen MR) is 115 cm³/mol. The van der Waals surface area contributed by atoms with E-state index in [0.717, 1.165) is 25.7 Å². The van der Waals surface area contributed by atoms with Gasteiger partial charge in [0.1, 0.15) is 5.75 Å². The van der Waals surface area contributed by atoms with Crippen molar-refractivity contribution in [2.75, 3.05) is 37.4 Å². The van der Waals surface area contributed by atoms with Crippen LogP contribution < -0.4 is 10.0 Å². The molecule has 30 heavy (non-hydrogen) atoms. The molecular weight excluding hydrogens is 406 g/mol. The molecule has 0 bridgehead atoms. The maximum absolute atomic E-state index is 12.8. The lowest BCUT2D eigenvalue weighted by Gasteiger charge is -2.27. The normalized spacial score (nSPS) is 22.5. The van der Waals surface area contributed by atoms with Crippen molar-refractivity contribution in [3.8, 4) is 0 Å². The molecule has 8 nitrogen and oxygen atoms in total. The minimum Gasteiger partial charge on any atom is -0.378 e. The summed E-state index contributed by atoms with van der Waals surface area (Å²) in [4.78, 5) is 26.9. The molecule has 0 aromatic heterocycles. The summed E-state index contributed by atoms with van der Waals surface area (Å²) >= 11 is 0. The maximum Gasteiger partial charge on any atom is 0.254 e. The number of amides is 2. The number of anilines is 1. The topological polar surface area (TPSA) is 105 Å². The van der Waals surface area contributed by atoms with Gasteiger partial charge in [0, 0.05) is 30.4 Å². The monoisotopic (exact) mass is 437 g/mol. The zero-order chi connectivity index (χ0) is 21.7. The van der Waals surface area contributed by atoms with Crippen LogP contribution in [0.3, 0.4) is 0 Å². The largest absolute Gasteiger partial charge is 0.378 e. The van der Waals surface area contributed by atoms with Gasteiger partial charge in [-0.15, -0.1) is 0 Å². The summed E-state index contributed by atoms with van der Waals surface area (Å²) in [6, 6.07) is 4.97. The van der Waals surface area contributed by atoms with Crippen molar-refractivity contribution in [3.63, 3.8) is 0 Å². The maximum atomic E-state index is 12.8. The van der Waals surface area contributed by atoms with E-state index in [-0.39, 0.29) is 11.9 Å². The molecule has 2 N–H and O–H groups in total. The van der Waals surface area contributed by atoms with Crippen molar-refractivity contribution in [2.24, 2.45) is 5.92 Å². The molecule has 0 radical (unpaired) electrons. The molecule has 1 saturated heterocycles. The third kappa shape index (κ3) is 6.02. The minimum absolute atomic E-state index is 0.102. The van der Waals surface area contributed by atoms with Gasteiger partial charge in [0.25, 0.3) is 5.91 Å². The molecule has 2 aliphatic rings. The van der Waals surface area contributed by atoms with Gasteiger partial charge in [-0.05, 0) is 56.2 Å². The molecule has 1 aromatic rings. The lowest BCUT2D eigenvalue weighted by Crippen LogP contribution is -2.41. The Bertz CT molecular complexity index is 873. The summed E-state index contributed by atoms with van der Waals surface area (Å²) in [5.41, 5.74) is 1.56. The number of morpholine rings is 1. The Morgan fingerprint density at radius 1 is 1.13 bits per heavy atom. The quantitative estimate of drug-likeness (QED) is 0.707. The number of benzene rings is 1. The summed E-state index contributed by atoms with van der Waals surface area (Å²) in [5, 5.41) is 2.66. The van der Waals surface area contributed by atoms with Gasteiger partial charge in [0.15, 0.2) is 0 Å². The Morgan fingerprint density at radius 3 is 2.47 bits per heavy atom. The van der Waals surface area contributed by atoms with Gasteiger partial charge in [-0.3, -0.25) is 9.59 Å². The van der Waals surface area contributed by atoms with Crippen LogP contribution in [0.25, 0.3) is 0 Å². The summed E-state index contributed by atoms with van der Waals surface area (Å²) in [6.07, 6.45) is 3.57. The number of nitrogens with one attached hydrogen (secondary N) is 2. The molecule has 1 heterocycles. The van der Waals surface area contributed by atoms with Crippen LogP contribution in [-0.4, -0.2) is 63.2 Å². The lowest BCUT2D eigenvalue weighted by molar-refractivity contribution is -0.113. The van der Waals surface area contributed by atoms with E-state index in [9.17, 15) is 18.0 Å². The first-order chi connectivity index (χ1) is 14.2. The summed E-state index contributed by atoms with van der Waals surface area (Å²) in [5.74, 6) is -0.761. The number of rotatable bonds is 6. The summed E-state index contributed by atoms with van der Waals surface area (Å²) in [6.45, 7) is 5.98. The van der Waals surface area contributed by atoms with Gasteiger partial charge in [-0.25, -0.2) is 13.1 Å². The Balaban J connectivity index is 1.61. The second-order valence-corrected chi connectivity index (χ2v) is 10.0. The third-order valence-electron chi connectivity index (χ3n) is 5.82. The van der Waals surface area contributed by atoms with Crippen LogP contribution in [0.15, 0.2) is 18.2 Å². The van der Waals surface area contributed by atoms with E-state index in [0.29, 0.717) is 49.0 Å². The third-order valence-corrected chi connectivity index (χ3v) is 7.15. The summed E-state index contributed by atoms with van der Waals surface area (Å²) < 4.78 is 32.7. The highest BCUT2D eigenvalue weighted by molar-refractivity contribution is 7.90. The summed E-state index contributed by atoms with van der Waals surface area (Å²) in [7, 11) is -3.73. The average molecular weight is 438 g/mol. The fourth-order valence-electron chi connectivity index (χ4n) is 3.97. The van der Waals surface area contributed by atoms with E-state index in [2.05, 4.69) is 17.0 Å². The molecule has 0 atom stereocenters. The van der Waals surface area contributed by atoms with Crippen LogP contribution in [0.1, 0.15) is 48.5 Å². The highest BCUT2D eigenvalue weighted by atomic mass is 32.2. The van der Waals surface area contributed by atoms with Gasteiger partial charge < -0.3 is 15.0 Å². The van der Waals surface area contributed by atoms with Crippen molar-refractivity contribution < 1.29 is 22.7 Å². The van der Waals surface area contributed by atoms with Crippen LogP contribution in [-0.2, 0) is 19.6 Å². The second-order valence-electron chi connectivity index (χ2n) is 8.26. The SMILES string of the molecule is Cc1c(NC(=O)CS(=O)(=O)NC2CCC(C)CC2)cccc1C(=O)N1CCOCC1. The first-order valence-corrected chi connectivity index (χ1v) is 12.2. The fourth-order valence-corrected chi connectivity index (χ4v) is 5.22. The van der Waals surface area contributed by atoms with Gasteiger partial charge in [0.2, 0.25) is 15.9 Å². The number of hydrogen-bond donors (Lipinski definition) is 2. The molecule has 1 aliphatic carbocycles. The van der Waals surface area contributed by atoms with E-state index in [1.165, 1.54) is 0 Å². The van der Waals surface area contributed by atoms with E-state index in [1.54, 1.807) is 30.0 Å². The number of carbonyl (C=O) groups excluding carboxylic acids is 2. The zero-order valence-corrected chi connectivity index (χ0v) is 18.5. The van der Waals surface area contributed by atoms with Crippen LogP contribution in [0.4, 0.5) is 5.69 Å². The molecule has 0 unspecified atom stereocenters. The molecular formula is C21H31N3O5S. The molecule has 1 aliphatic heterocycles. The molecule has 166 valence electrons. The fraction of sp³-hybridized carbons (Fsp3) is 0.619. The Labute approximate surface area is 178 Å². The number of sulfonamides is 1. The Kier molecular flexibility index (Phi) is 7.49. The standard InChI is InChI=1S/C21H31N3O5S/c1-15-6-8-17(9-7-15)23-30(27,28)14-20(25)22-19-5-3-4-18(16(19)2)21(26)24-10-12-29-13-11-24/h3-5,15,17,23H,6-14H2,1-2H3,(H,22,25). The zero-order valence-electron chi connectivity index (χ0n) is 17.6. The minimum atomic E-state index is -3.73. The van der Waals surface area contributed by atoms with Gasteiger partial charge >= 0.3 is 0 Å². The Hall–Kier alpha value is -1.97. The number of carbonyl (C=O) groups is 2. The van der Waals surface area contributed by atoms with E-state index < -0.39 is 21.7 Å². The highest BCUT2D eigenvalue weighted by Gasteiger charge is 2.26. The van der Waals surface area contributed by atoms with E-state index in [4.69, 9.17) is 4.74 Å². The molecule has 1 aromatic carbocycles. The predicted octanol–water partition coefficient (Wildman–Crippen LogP) is 1.90. The van der Waals surface area contributed by atoms with Crippen molar-refractivity contribution >= 4 is 27.5 Å². The molecule has 2 fully saturated rings. The van der Waals surface area contributed by atoms with E-state index in [1.807, 2.05) is 0 Å². The molecule has 0 spiro atoms. The number of ether oxygens (including phenoxy) is 1. The van der Waals surface area contributed by atoms with Crippen LogP contribution in [0, 0.1) is 12.8 Å². The molecule has 9 heteroatoms. The van der Waals surface area contributed by atoms with Gasteiger partial charge in [-0.2, -0.15) is 0 Å². The van der Waals surface area contributed by atoms with Gasteiger partial charge in [0.05, 0.1) is 13.2 Å². The molecule has 2 amide bonds. The van der Waals surface area contributed by atoms with Crippen molar-refractivity contribution in [1.82, 2.24) is 9.62 Å². The van der Waals surface area contributed by atoms with Crippen molar-refractivity contribution in [3.05, 3.63) is 29.3 Å². The lowest BCUT2D eigenvalue weighted by atomic mass is 9.88. The first kappa shape index (κ1) is 22.7. The number of nitrogens with zero attached hydrogens (tertiary/aromatic N) is 1. The van der Waals surface area contributed by atoms with Crippen LogP contribution >= 0.6 is 0 Å². The van der Waals surface area contributed by atoms with Crippen LogP contribution in [0.2, 0.25) is 0 Å². The molecule has 3 rings (SSSR count). The van der Waals surface area contributed by atoms with Gasteiger partial charge in [-0.1, -0.05) is 13.0 Å². The highest BCUT2D eigenvalue weighted by Crippen LogP contribution is 2.24. The average Bonchev–Trinajstić information content (AvgIpc) is 2.71. The van der Waals surface area contributed by atoms with Crippen molar-refractivity contribution in [2.45, 2.75) is 45.6 Å². The van der Waals surface area contributed by atoms with Crippen LogP contribution in [0.5, 0.6) is 0 Å². The smallest absolute Gasteiger partial charge is 0.254 e. The first-order valence-electron chi connectivity index (χ1n) is 10.5. The van der Waals surface area contributed by atoms with Crippen molar-refractivity contribution in [1.29, 1.82) is 0 Å². The van der Waals surface area contributed by atoms with E-state index >= 15 is 0 Å². The Morgan fingerprint density at radius 2 is 1.80 bits per heavy atom. The second kappa shape index (κ2) is 9.89. The molecule has 1 saturated carbocycles.